The molecule has 3 aliphatic carbocycles. The van der Waals surface area contributed by atoms with E-state index in [-0.39, 0.29) is 54.5 Å². The summed E-state index contributed by atoms with van der Waals surface area (Å²) >= 11 is 0. The molecule has 0 aromatic carbocycles. The van der Waals surface area contributed by atoms with Crippen molar-refractivity contribution < 1.29 is 22.4 Å². The first-order valence-electron chi connectivity index (χ1n) is 10.7. The quantitative estimate of drug-likeness (QED) is 0.705. The van der Waals surface area contributed by atoms with Gasteiger partial charge in [-0.25, -0.2) is 17.6 Å². The molecule has 2 heterocycles. The van der Waals surface area contributed by atoms with E-state index < -0.39 is 35.0 Å². The minimum absolute atomic E-state index is 0.0676. The van der Waals surface area contributed by atoms with Crippen LogP contribution in [0.5, 0.6) is 0 Å². The number of hydrogen-bond acceptors (Lipinski definition) is 3. The van der Waals surface area contributed by atoms with Crippen LogP contribution < -0.4 is 11.2 Å². The van der Waals surface area contributed by atoms with Crippen molar-refractivity contribution in [3.8, 4) is 0 Å². The Balaban J connectivity index is 1.54. The molecule has 2 aromatic rings. The smallest absolute Gasteiger partial charge is 0.268 e. The summed E-state index contributed by atoms with van der Waals surface area (Å²) in [6.45, 7) is 0. The van der Waals surface area contributed by atoms with Gasteiger partial charge in [0, 0.05) is 48.6 Å². The second kappa shape index (κ2) is 6.77. The topological polar surface area (TPSA) is 88.8 Å². The van der Waals surface area contributed by atoms with E-state index in [4.69, 9.17) is 5.73 Å². The van der Waals surface area contributed by atoms with Gasteiger partial charge in [0.2, 0.25) is 5.92 Å². The highest BCUT2D eigenvalue weighted by atomic mass is 19.3. The summed E-state index contributed by atoms with van der Waals surface area (Å²) < 4.78 is 55.9. The lowest BCUT2D eigenvalue weighted by Gasteiger charge is -2.40. The number of aromatic amines is 1. The number of carbonyl (C=O) groups is 1. The molecule has 166 valence electrons. The van der Waals surface area contributed by atoms with Crippen molar-refractivity contribution in [2.45, 2.75) is 56.3 Å². The van der Waals surface area contributed by atoms with Crippen LogP contribution in [-0.2, 0) is 0 Å². The number of amides is 1. The number of nitrogens with zero attached hydrogens (tertiary/aromatic N) is 1. The summed E-state index contributed by atoms with van der Waals surface area (Å²) in [5.41, 5.74) is 5.61. The number of fused-ring (bicyclic) bond motifs is 2. The normalized spacial score (nSPS) is 31.9. The van der Waals surface area contributed by atoms with E-state index >= 15 is 0 Å². The number of pyridine rings is 2. The highest BCUT2D eigenvalue weighted by Gasteiger charge is 2.71. The van der Waals surface area contributed by atoms with Crippen LogP contribution >= 0.6 is 0 Å². The van der Waals surface area contributed by atoms with E-state index in [0.29, 0.717) is 24.1 Å². The van der Waals surface area contributed by atoms with Gasteiger partial charge in [-0.15, -0.1) is 0 Å². The van der Waals surface area contributed by atoms with Crippen LogP contribution in [0.2, 0.25) is 0 Å². The number of nitrogens with one attached hydrogen (secondary N) is 1. The molecule has 3 N–H and O–H groups in total. The van der Waals surface area contributed by atoms with Gasteiger partial charge in [0.05, 0.1) is 10.9 Å². The Hall–Kier alpha value is -2.45. The number of aromatic nitrogens is 2. The van der Waals surface area contributed by atoms with Crippen molar-refractivity contribution in [3.63, 3.8) is 0 Å². The van der Waals surface area contributed by atoms with Crippen LogP contribution in [0.4, 0.5) is 17.6 Å². The third kappa shape index (κ3) is 3.32. The lowest BCUT2D eigenvalue weighted by Crippen LogP contribution is -2.33. The number of halogens is 4. The van der Waals surface area contributed by atoms with Crippen LogP contribution in [0.15, 0.2) is 23.1 Å². The zero-order chi connectivity index (χ0) is 22.1. The fraction of sp³-hybridized carbons (Fsp3) is 0.591. The second-order valence-electron chi connectivity index (χ2n) is 9.36. The highest BCUT2D eigenvalue weighted by Crippen LogP contribution is 2.67. The first kappa shape index (κ1) is 20.5. The van der Waals surface area contributed by atoms with Gasteiger partial charge >= 0.3 is 0 Å². The molecular weight excluding hydrogens is 414 g/mol. The molecule has 0 radical (unpaired) electrons. The Labute approximate surface area is 175 Å². The van der Waals surface area contributed by atoms with Crippen LogP contribution in [0, 0.1) is 23.7 Å². The number of nitrogens with two attached hydrogens (primary N) is 1. The van der Waals surface area contributed by atoms with Crippen molar-refractivity contribution in [3.05, 3.63) is 39.9 Å². The van der Waals surface area contributed by atoms with E-state index in [2.05, 4.69) is 9.97 Å². The lowest BCUT2D eigenvalue weighted by molar-refractivity contribution is -0.0562. The maximum absolute atomic E-state index is 14.3. The molecule has 2 aromatic heterocycles. The molecule has 5 rings (SSSR count). The van der Waals surface area contributed by atoms with E-state index in [1.54, 1.807) is 6.07 Å². The Bertz CT molecular complexity index is 1110. The molecule has 4 atom stereocenters. The fourth-order valence-corrected chi connectivity index (χ4v) is 5.99. The minimum Gasteiger partial charge on any atom is -0.364 e. The summed E-state index contributed by atoms with van der Waals surface area (Å²) in [5.74, 6) is -8.33. The molecule has 3 aliphatic rings. The van der Waals surface area contributed by atoms with Gasteiger partial charge < -0.3 is 10.7 Å². The molecular formula is C22H23F4N3O2. The molecule has 2 unspecified atom stereocenters. The molecule has 31 heavy (non-hydrogen) atoms. The van der Waals surface area contributed by atoms with Crippen molar-refractivity contribution in [2.24, 2.45) is 29.4 Å². The average molecular weight is 437 g/mol. The number of H-pyrrole nitrogens is 1. The van der Waals surface area contributed by atoms with Crippen LogP contribution in [0.1, 0.15) is 60.6 Å². The molecule has 0 saturated heterocycles. The number of primary amides is 1. The zero-order valence-corrected chi connectivity index (χ0v) is 16.7. The second-order valence-corrected chi connectivity index (χ2v) is 9.36. The summed E-state index contributed by atoms with van der Waals surface area (Å²) in [7, 11) is 0. The maximum atomic E-state index is 14.3. The van der Waals surface area contributed by atoms with E-state index in [1.165, 1.54) is 12.3 Å². The third-order valence-corrected chi connectivity index (χ3v) is 7.68. The van der Waals surface area contributed by atoms with Crippen LogP contribution in [0.3, 0.4) is 0 Å². The monoisotopic (exact) mass is 437 g/mol. The van der Waals surface area contributed by atoms with Gasteiger partial charge in [0.15, 0.2) is 5.43 Å². The Kier molecular flexibility index (Phi) is 4.47. The Morgan fingerprint density at radius 2 is 1.81 bits per heavy atom. The molecule has 1 amide bonds. The molecule has 5 nitrogen and oxygen atoms in total. The molecule has 3 saturated carbocycles. The van der Waals surface area contributed by atoms with Crippen molar-refractivity contribution >= 4 is 16.8 Å². The number of carbonyl (C=O) groups excluding carboxylic acids is 1. The zero-order valence-electron chi connectivity index (χ0n) is 16.7. The number of alkyl halides is 4. The Morgan fingerprint density at radius 3 is 2.48 bits per heavy atom. The van der Waals surface area contributed by atoms with Gasteiger partial charge in [-0.05, 0) is 43.6 Å². The summed E-state index contributed by atoms with van der Waals surface area (Å²) in [5, 5.41) is 0.0676. The van der Waals surface area contributed by atoms with Crippen molar-refractivity contribution in [2.75, 3.05) is 0 Å². The number of hydrogen-bond donors (Lipinski definition) is 2. The fourth-order valence-electron chi connectivity index (χ4n) is 5.99. The molecule has 0 bridgehead atoms. The van der Waals surface area contributed by atoms with E-state index in [0.717, 1.165) is 0 Å². The maximum Gasteiger partial charge on any atom is 0.268 e. The van der Waals surface area contributed by atoms with Crippen LogP contribution in [0.25, 0.3) is 10.9 Å². The summed E-state index contributed by atoms with van der Waals surface area (Å²) in [6, 6.07) is 2.88. The molecule has 0 spiro atoms. The third-order valence-electron chi connectivity index (χ3n) is 7.68. The van der Waals surface area contributed by atoms with Gasteiger partial charge in [-0.3, -0.25) is 14.6 Å². The van der Waals surface area contributed by atoms with Crippen LogP contribution in [-0.4, -0.2) is 27.7 Å². The average Bonchev–Trinajstić information content (AvgIpc) is 3.26. The lowest BCUT2D eigenvalue weighted by atomic mass is 9.66. The predicted octanol–water partition coefficient (Wildman–Crippen LogP) is 4.22. The predicted molar refractivity (Wildman–Crippen MR) is 105 cm³/mol. The molecule has 3 fully saturated rings. The SMILES string of the molecule is NC(=O)c1nccc2[nH]c([C@@H]3CC4[C@@H](CC3C3CCC(F)(F)CC3)C4(F)F)cc(=O)c12. The molecule has 9 heteroatoms. The van der Waals surface area contributed by atoms with Crippen molar-refractivity contribution in [1.29, 1.82) is 0 Å². The van der Waals surface area contributed by atoms with Gasteiger partial charge in [-0.2, -0.15) is 0 Å². The highest BCUT2D eigenvalue weighted by molar-refractivity contribution is 6.03. The van der Waals surface area contributed by atoms with Gasteiger partial charge in [-0.1, -0.05) is 0 Å². The minimum atomic E-state index is -2.73. The van der Waals surface area contributed by atoms with Gasteiger partial charge in [0.25, 0.3) is 11.8 Å². The number of rotatable bonds is 3. The van der Waals surface area contributed by atoms with Gasteiger partial charge in [0.1, 0.15) is 5.69 Å². The van der Waals surface area contributed by atoms with E-state index in [9.17, 15) is 27.2 Å². The first-order valence-corrected chi connectivity index (χ1v) is 10.7. The largest absolute Gasteiger partial charge is 0.364 e. The Morgan fingerprint density at radius 1 is 1.13 bits per heavy atom. The summed E-state index contributed by atoms with van der Waals surface area (Å²) in [4.78, 5) is 31.5. The van der Waals surface area contributed by atoms with E-state index in [1.807, 2.05) is 0 Å². The first-order chi connectivity index (χ1) is 14.6. The van der Waals surface area contributed by atoms with Crippen molar-refractivity contribution in [1.82, 2.24) is 9.97 Å². The standard InChI is InChI=1S/C22H23F4N3O2/c23-21(24)4-1-10(2-5-21)11-7-13-14(22(13,25)26)8-12(11)16-9-17(30)18-15(29-16)3-6-28-19(18)20(27)31/h3,6,9-14H,1-2,4-5,7-8H2,(H2,27,31)(H,29,30)/t11?,12-,13-,14?/m1/s1. The molecule has 0 aliphatic heterocycles. The summed E-state index contributed by atoms with van der Waals surface area (Å²) in [6.07, 6.45) is 1.98.